The van der Waals surface area contributed by atoms with E-state index in [1.807, 2.05) is 53.9 Å². The molecule has 116 valence electrons. The number of thiophene rings is 1. The molecule has 4 heterocycles. The molecule has 0 aliphatic rings. The van der Waals surface area contributed by atoms with Gasteiger partial charge in [0.2, 0.25) is 4.96 Å². The first kappa shape index (κ1) is 13.6. The van der Waals surface area contributed by atoms with E-state index in [0.29, 0.717) is 0 Å². The minimum atomic E-state index is 0.768. The lowest BCUT2D eigenvalue weighted by Crippen LogP contribution is -1.89. The van der Waals surface area contributed by atoms with Crippen LogP contribution in [0, 0.1) is 0 Å². The maximum Gasteiger partial charge on any atom is 0.235 e. The van der Waals surface area contributed by atoms with E-state index in [9.17, 15) is 0 Å². The molecular weight excluding hydrogens is 340 g/mol. The fourth-order valence-corrected chi connectivity index (χ4v) is 3.97. The Bertz CT molecular complexity index is 1100. The first-order valence-corrected chi connectivity index (χ1v) is 8.95. The molecule has 1 aromatic carbocycles. The molecule has 1 N–H and O–H groups in total. The fraction of sp³-hybridized carbons (Fsp3) is 0. The van der Waals surface area contributed by atoms with E-state index in [1.54, 1.807) is 15.9 Å². The number of nitrogens with zero attached hydrogens (tertiary/aromatic N) is 5. The summed E-state index contributed by atoms with van der Waals surface area (Å²) in [4.78, 5) is 1.82. The number of benzene rings is 1. The van der Waals surface area contributed by atoms with Gasteiger partial charge in [0, 0.05) is 5.56 Å². The van der Waals surface area contributed by atoms with Crippen molar-refractivity contribution < 1.29 is 0 Å². The molecule has 6 nitrogen and oxygen atoms in total. The second-order valence-electron chi connectivity index (χ2n) is 5.14. The highest BCUT2D eigenvalue weighted by Gasteiger charge is 2.16. The van der Waals surface area contributed by atoms with Gasteiger partial charge in [0.15, 0.2) is 10.8 Å². The Morgan fingerprint density at radius 1 is 1.00 bits per heavy atom. The van der Waals surface area contributed by atoms with Crippen LogP contribution in [0.3, 0.4) is 0 Å². The minimum Gasteiger partial charge on any atom is -0.275 e. The van der Waals surface area contributed by atoms with E-state index in [0.717, 1.165) is 37.6 Å². The average molecular weight is 350 g/mol. The molecule has 0 saturated carbocycles. The minimum absolute atomic E-state index is 0.768. The van der Waals surface area contributed by atoms with Crippen molar-refractivity contribution in [2.24, 2.45) is 0 Å². The molecule has 0 unspecified atom stereocenters. The third-order valence-electron chi connectivity index (χ3n) is 3.61. The molecule has 0 fully saturated rings. The van der Waals surface area contributed by atoms with Crippen molar-refractivity contribution >= 4 is 27.6 Å². The maximum absolute atomic E-state index is 4.65. The van der Waals surface area contributed by atoms with E-state index in [2.05, 4.69) is 25.5 Å². The topological polar surface area (TPSA) is 71.8 Å². The number of rotatable bonds is 3. The summed E-state index contributed by atoms with van der Waals surface area (Å²) < 4.78 is 1.79. The highest BCUT2D eigenvalue weighted by Crippen LogP contribution is 2.30. The van der Waals surface area contributed by atoms with Crippen molar-refractivity contribution in [3.63, 3.8) is 0 Å². The summed E-state index contributed by atoms with van der Waals surface area (Å²) in [7, 11) is 0. The number of hydrogen-bond acceptors (Lipinski definition) is 6. The molecule has 0 saturated heterocycles. The molecule has 8 heteroatoms. The van der Waals surface area contributed by atoms with Crippen molar-refractivity contribution in [1.82, 2.24) is 30.0 Å². The zero-order chi connectivity index (χ0) is 15.9. The largest absolute Gasteiger partial charge is 0.275 e. The van der Waals surface area contributed by atoms with Gasteiger partial charge in [0.1, 0.15) is 0 Å². The Morgan fingerprint density at radius 3 is 2.75 bits per heavy atom. The monoisotopic (exact) mass is 350 g/mol. The standard InChI is InChI=1S/C16H10N6S2/c1-2-5-10(6-3-1)11-9-12(18-17-11)15-21-22-14(13-7-4-8-23-13)19-20-16(22)24-15/h1-9H,(H,17,18). The molecule has 0 amide bonds. The fourth-order valence-electron chi connectivity index (χ4n) is 2.47. The van der Waals surface area contributed by atoms with E-state index in [1.165, 1.54) is 11.3 Å². The molecule has 24 heavy (non-hydrogen) atoms. The van der Waals surface area contributed by atoms with Gasteiger partial charge in [-0.15, -0.1) is 21.5 Å². The Balaban J connectivity index is 1.57. The lowest BCUT2D eigenvalue weighted by molar-refractivity contribution is 0.967. The molecule has 0 spiro atoms. The Kier molecular flexibility index (Phi) is 3.03. The first-order chi connectivity index (χ1) is 11.9. The van der Waals surface area contributed by atoms with E-state index < -0.39 is 0 Å². The van der Waals surface area contributed by atoms with Gasteiger partial charge in [0.05, 0.1) is 16.3 Å². The van der Waals surface area contributed by atoms with E-state index >= 15 is 0 Å². The highest BCUT2D eigenvalue weighted by molar-refractivity contribution is 7.19. The second-order valence-corrected chi connectivity index (χ2v) is 7.04. The number of nitrogens with one attached hydrogen (secondary N) is 1. The molecule has 5 rings (SSSR count). The summed E-state index contributed by atoms with van der Waals surface area (Å²) in [6, 6.07) is 16.1. The van der Waals surface area contributed by atoms with Gasteiger partial charge in [-0.25, -0.2) is 0 Å². The average Bonchev–Trinajstić information content (AvgIpc) is 3.37. The third-order valence-corrected chi connectivity index (χ3v) is 5.41. The summed E-state index contributed by atoms with van der Waals surface area (Å²) in [5.74, 6) is 0.769. The van der Waals surface area contributed by atoms with Crippen LogP contribution >= 0.6 is 22.7 Å². The smallest absolute Gasteiger partial charge is 0.235 e. The molecule has 0 radical (unpaired) electrons. The lowest BCUT2D eigenvalue weighted by atomic mass is 10.1. The SMILES string of the molecule is c1ccc(-c2cc(-c3nn4c(-c5cccs5)nnc4s3)[nH]n2)cc1. The predicted octanol–water partition coefficient (Wildman–Crippen LogP) is 3.97. The van der Waals surface area contributed by atoms with E-state index in [-0.39, 0.29) is 0 Å². The van der Waals surface area contributed by atoms with Crippen molar-refractivity contribution in [3.8, 4) is 32.7 Å². The van der Waals surface area contributed by atoms with Crippen LogP contribution in [0.1, 0.15) is 0 Å². The van der Waals surface area contributed by atoms with Gasteiger partial charge >= 0.3 is 0 Å². The molecule has 0 aliphatic carbocycles. The summed E-state index contributed by atoms with van der Waals surface area (Å²) in [6.45, 7) is 0. The van der Waals surface area contributed by atoms with Crippen molar-refractivity contribution in [2.45, 2.75) is 0 Å². The predicted molar refractivity (Wildman–Crippen MR) is 95.0 cm³/mol. The number of H-pyrrole nitrogens is 1. The van der Waals surface area contributed by atoms with Crippen molar-refractivity contribution in [1.29, 1.82) is 0 Å². The van der Waals surface area contributed by atoms with Crippen molar-refractivity contribution in [3.05, 3.63) is 53.9 Å². The Labute approximate surface area is 144 Å². The zero-order valence-electron chi connectivity index (χ0n) is 12.2. The van der Waals surface area contributed by atoms with Gasteiger partial charge in [-0.2, -0.15) is 14.7 Å². The molecule has 0 atom stereocenters. The normalized spacial score (nSPS) is 11.3. The van der Waals surface area contributed by atoms with Crippen LogP contribution in [-0.2, 0) is 0 Å². The van der Waals surface area contributed by atoms with Crippen molar-refractivity contribution in [2.75, 3.05) is 0 Å². The van der Waals surface area contributed by atoms with Gasteiger partial charge in [-0.3, -0.25) is 5.10 Å². The molecule has 5 aromatic rings. The summed E-state index contributed by atoms with van der Waals surface area (Å²) in [6.07, 6.45) is 0. The Hall–Kier alpha value is -2.84. The van der Waals surface area contributed by atoms with Crippen LogP contribution in [0.2, 0.25) is 0 Å². The molecule has 0 bridgehead atoms. The van der Waals surface area contributed by atoms with Gasteiger partial charge in [0.25, 0.3) is 0 Å². The zero-order valence-corrected chi connectivity index (χ0v) is 13.9. The number of fused-ring (bicyclic) bond motifs is 1. The quantitative estimate of drug-likeness (QED) is 0.534. The third kappa shape index (κ3) is 2.15. The lowest BCUT2D eigenvalue weighted by Gasteiger charge is -1.92. The van der Waals surface area contributed by atoms with Crippen LogP contribution < -0.4 is 0 Å². The highest BCUT2D eigenvalue weighted by atomic mass is 32.1. The summed E-state index contributed by atoms with van der Waals surface area (Å²) in [5, 5.41) is 23.4. The van der Waals surface area contributed by atoms with Gasteiger partial charge in [-0.1, -0.05) is 47.7 Å². The maximum atomic E-state index is 4.65. The van der Waals surface area contributed by atoms with Crippen LogP contribution in [-0.4, -0.2) is 30.0 Å². The number of aromatic nitrogens is 6. The molecular formula is C16H10N6S2. The van der Waals surface area contributed by atoms with Gasteiger partial charge < -0.3 is 0 Å². The Morgan fingerprint density at radius 2 is 1.92 bits per heavy atom. The second kappa shape index (κ2) is 5.36. The van der Waals surface area contributed by atoms with E-state index in [4.69, 9.17) is 0 Å². The first-order valence-electron chi connectivity index (χ1n) is 7.26. The van der Waals surface area contributed by atoms with Gasteiger partial charge in [-0.05, 0) is 17.5 Å². The number of aromatic amines is 1. The molecule has 4 aromatic heterocycles. The van der Waals surface area contributed by atoms with Crippen LogP contribution in [0.4, 0.5) is 0 Å². The summed E-state index contributed by atoms with van der Waals surface area (Å²) >= 11 is 3.11. The van der Waals surface area contributed by atoms with Crippen LogP contribution in [0.25, 0.3) is 37.6 Å². The number of hydrogen-bond donors (Lipinski definition) is 1. The molecule has 0 aliphatic heterocycles. The van der Waals surface area contributed by atoms with Crippen LogP contribution in [0.5, 0.6) is 0 Å². The van der Waals surface area contributed by atoms with Crippen LogP contribution in [0.15, 0.2) is 53.9 Å². The summed E-state index contributed by atoms with van der Waals surface area (Å²) in [5.41, 5.74) is 2.85.